The molecule has 2 unspecified atom stereocenters. The van der Waals surface area contributed by atoms with Gasteiger partial charge in [-0.2, -0.15) is 0 Å². The smallest absolute Gasteiger partial charge is 0.224 e. The lowest BCUT2D eigenvalue weighted by molar-refractivity contribution is -0.126. The molecule has 0 heterocycles. The van der Waals surface area contributed by atoms with E-state index >= 15 is 0 Å². The van der Waals surface area contributed by atoms with Crippen LogP contribution in [0.3, 0.4) is 0 Å². The van der Waals surface area contributed by atoms with Crippen molar-refractivity contribution < 1.29 is 14.7 Å². The summed E-state index contributed by atoms with van der Waals surface area (Å²) in [4.78, 5) is 25.9. The monoisotopic (exact) mass is 401 g/mol. The van der Waals surface area contributed by atoms with Gasteiger partial charge >= 0.3 is 0 Å². The van der Waals surface area contributed by atoms with E-state index in [2.05, 4.69) is 5.32 Å². The van der Waals surface area contributed by atoms with Crippen LogP contribution in [0.1, 0.15) is 27.9 Å². The van der Waals surface area contributed by atoms with Crippen LogP contribution < -0.4 is 5.32 Å². The van der Waals surface area contributed by atoms with Gasteiger partial charge in [0, 0.05) is 17.9 Å². The van der Waals surface area contributed by atoms with Crippen LogP contribution in [0.4, 0.5) is 0 Å². The number of Topliss-reactive ketones (excluding diaryl/α,β-unsaturated/α-hetero) is 1. The molecule has 2 N–H and O–H groups in total. The van der Waals surface area contributed by atoms with E-state index in [1.54, 1.807) is 12.1 Å². The fraction of sp³-hybridized carbons (Fsp3) is 0.231. The number of benzene rings is 3. The minimum Gasteiger partial charge on any atom is -0.394 e. The summed E-state index contributed by atoms with van der Waals surface area (Å²) in [5, 5.41) is 12.7. The average molecular weight is 402 g/mol. The Bertz CT molecular complexity index is 926. The van der Waals surface area contributed by atoms with E-state index in [1.165, 1.54) is 0 Å². The maximum Gasteiger partial charge on any atom is 0.224 e. The van der Waals surface area contributed by atoms with Crippen LogP contribution in [0.5, 0.6) is 0 Å². The first-order valence-electron chi connectivity index (χ1n) is 10.2. The van der Waals surface area contributed by atoms with Crippen molar-refractivity contribution in [3.8, 4) is 0 Å². The minimum atomic E-state index is -0.509. The second-order valence-electron chi connectivity index (χ2n) is 7.46. The van der Waals surface area contributed by atoms with Gasteiger partial charge in [0.05, 0.1) is 12.6 Å². The molecule has 0 aliphatic rings. The maximum atomic E-state index is 13.1. The molecule has 4 heteroatoms. The molecule has 3 rings (SSSR count). The van der Waals surface area contributed by atoms with Crippen LogP contribution in [0.15, 0.2) is 91.0 Å². The highest BCUT2D eigenvalue weighted by atomic mass is 16.3. The normalized spacial score (nSPS) is 12.7. The molecule has 0 fully saturated rings. The Hall–Kier alpha value is -3.24. The number of aliphatic hydroxyl groups is 1. The van der Waals surface area contributed by atoms with Gasteiger partial charge < -0.3 is 10.4 Å². The highest BCUT2D eigenvalue weighted by Crippen LogP contribution is 2.17. The van der Waals surface area contributed by atoms with Gasteiger partial charge in [-0.1, -0.05) is 91.0 Å². The Labute approximate surface area is 177 Å². The third-order valence-corrected chi connectivity index (χ3v) is 5.11. The molecule has 0 bridgehead atoms. The van der Waals surface area contributed by atoms with Gasteiger partial charge in [-0.05, 0) is 24.0 Å². The van der Waals surface area contributed by atoms with Crippen molar-refractivity contribution in [2.24, 2.45) is 5.92 Å². The van der Waals surface area contributed by atoms with Gasteiger partial charge in [0.15, 0.2) is 5.78 Å². The van der Waals surface area contributed by atoms with E-state index in [-0.39, 0.29) is 24.7 Å². The van der Waals surface area contributed by atoms with Crippen molar-refractivity contribution in [1.29, 1.82) is 0 Å². The van der Waals surface area contributed by atoms with Gasteiger partial charge in [0.2, 0.25) is 5.91 Å². The number of carbonyl (C=O) groups is 2. The van der Waals surface area contributed by atoms with E-state index in [4.69, 9.17) is 0 Å². The first-order valence-corrected chi connectivity index (χ1v) is 10.2. The largest absolute Gasteiger partial charge is 0.394 e. The molecule has 0 saturated heterocycles. The summed E-state index contributed by atoms with van der Waals surface area (Å²) in [6.07, 6.45) is 1.12. The molecular weight excluding hydrogens is 374 g/mol. The average Bonchev–Trinajstić information content (AvgIpc) is 2.80. The molecule has 1 amide bonds. The van der Waals surface area contributed by atoms with E-state index in [9.17, 15) is 14.7 Å². The molecular formula is C26H27NO3. The lowest BCUT2D eigenvalue weighted by Crippen LogP contribution is -2.43. The molecule has 0 aliphatic carbocycles. The zero-order valence-corrected chi connectivity index (χ0v) is 16.9. The predicted molar refractivity (Wildman–Crippen MR) is 118 cm³/mol. The SMILES string of the molecule is O=C(CC(Cc1ccccc1)C(=O)NC(CO)Cc1ccccc1)c1ccccc1. The Morgan fingerprint density at radius 3 is 1.77 bits per heavy atom. The van der Waals surface area contributed by atoms with Crippen LogP contribution in [0, 0.1) is 5.92 Å². The van der Waals surface area contributed by atoms with E-state index < -0.39 is 12.0 Å². The quantitative estimate of drug-likeness (QED) is 0.507. The summed E-state index contributed by atoms with van der Waals surface area (Å²) in [5.74, 6) is -0.779. The molecule has 2 atom stereocenters. The summed E-state index contributed by atoms with van der Waals surface area (Å²) >= 11 is 0. The zero-order chi connectivity index (χ0) is 21.2. The van der Waals surface area contributed by atoms with E-state index in [0.717, 1.165) is 11.1 Å². The minimum absolute atomic E-state index is 0.0599. The van der Waals surface area contributed by atoms with Crippen LogP contribution in [-0.4, -0.2) is 29.4 Å². The van der Waals surface area contributed by atoms with Crippen molar-refractivity contribution >= 4 is 11.7 Å². The zero-order valence-electron chi connectivity index (χ0n) is 16.9. The van der Waals surface area contributed by atoms with Crippen LogP contribution in [0.2, 0.25) is 0 Å². The summed E-state index contributed by atoms with van der Waals surface area (Å²) in [7, 11) is 0. The molecule has 0 aliphatic heterocycles. The third kappa shape index (κ3) is 6.39. The number of rotatable bonds is 10. The van der Waals surface area contributed by atoms with Crippen LogP contribution >= 0.6 is 0 Å². The molecule has 0 spiro atoms. The van der Waals surface area contributed by atoms with Crippen molar-refractivity contribution in [3.63, 3.8) is 0 Å². The Morgan fingerprint density at radius 1 is 0.733 bits per heavy atom. The molecule has 4 nitrogen and oxygen atoms in total. The Kier molecular flexibility index (Phi) is 7.93. The number of carbonyl (C=O) groups excluding carboxylic acids is 2. The summed E-state index contributed by atoms with van der Waals surface area (Å²) in [5.41, 5.74) is 2.64. The van der Waals surface area contributed by atoms with Gasteiger partial charge in [-0.25, -0.2) is 0 Å². The highest BCUT2D eigenvalue weighted by Gasteiger charge is 2.25. The van der Waals surface area contributed by atoms with Crippen molar-refractivity contribution in [3.05, 3.63) is 108 Å². The number of ketones is 1. The van der Waals surface area contributed by atoms with Crippen molar-refractivity contribution in [2.75, 3.05) is 6.61 Å². The first-order chi connectivity index (χ1) is 14.7. The summed E-state index contributed by atoms with van der Waals surface area (Å²) in [6.45, 7) is -0.161. The number of amides is 1. The van der Waals surface area contributed by atoms with Crippen LogP contribution in [-0.2, 0) is 17.6 Å². The van der Waals surface area contributed by atoms with Gasteiger partial charge in [-0.3, -0.25) is 9.59 Å². The topological polar surface area (TPSA) is 66.4 Å². The Balaban J connectivity index is 1.72. The fourth-order valence-corrected chi connectivity index (χ4v) is 3.50. The molecule has 0 radical (unpaired) electrons. The second-order valence-corrected chi connectivity index (χ2v) is 7.46. The second kappa shape index (κ2) is 11.1. The molecule has 0 aromatic heterocycles. The number of nitrogens with one attached hydrogen (secondary N) is 1. The van der Waals surface area contributed by atoms with Gasteiger partial charge in [0.1, 0.15) is 0 Å². The lowest BCUT2D eigenvalue weighted by atomic mass is 9.91. The molecule has 154 valence electrons. The molecule has 3 aromatic rings. The standard InChI is InChI=1S/C26H27NO3/c28-19-24(17-21-12-6-2-7-13-21)27-26(30)23(16-20-10-4-1-5-11-20)18-25(29)22-14-8-3-9-15-22/h1-15,23-24,28H,16-19H2,(H,27,30). The maximum absolute atomic E-state index is 13.1. The lowest BCUT2D eigenvalue weighted by Gasteiger charge is -2.22. The van der Waals surface area contributed by atoms with Gasteiger partial charge in [0.25, 0.3) is 0 Å². The molecule has 0 saturated carbocycles. The van der Waals surface area contributed by atoms with E-state index in [1.807, 2.05) is 78.9 Å². The van der Waals surface area contributed by atoms with Crippen molar-refractivity contribution in [1.82, 2.24) is 5.32 Å². The fourth-order valence-electron chi connectivity index (χ4n) is 3.50. The van der Waals surface area contributed by atoms with Crippen LogP contribution in [0.25, 0.3) is 0 Å². The number of hydrogen-bond donors (Lipinski definition) is 2. The molecule has 30 heavy (non-hydrogen) atoms. The first kappa shape index (κ1) is 21.5. The van der Waals surface area contributed by atoms with Gasteiger partial charge in [-0.15, -0.1) is 0 Å². The van der Waals surface area contributed by atoms with E-state index in [0.29, 0.717) is 18.4 Å². The third-order valence-electron chi connectivity index (χ3n) is 5.11. The summed E-state index contributed by atoms with van der Waals surface area (Å²) in [6, 6.07) is 28.1. The highest BCUT2D eigenvalue weighted by molar-refractivity contribution is 5.98. The predicted octanol–water partition coefficient (Wildman–Crippen LogP) is 3.84. The number of aliphatic hydroxyl groups excluding tert-OH is 1. The summed E-state index contributed by atoms with van der Waals surface area (Å²) < 4.78 is 0. The molecule has 3 aromatic carbocycles. The van der Waals surface area contributed by atoms with Crippen molar-refractivity contribution in [2.45, 2.75) is 25.3 Å². The number of hydrogen-bond acceptors (Lipinski definition) is 3. The Morgan fingerprint density at radius 2 is 1.23 bits per heavy atom.